The highest BCUT2D eigenvalue weighted by Gasteiger charge is 2.39. The molecule has 16 heteroatoms. The van der Waals surface area contributed by atoms with E-state index >= 15 is 0 Å². The summed E-state index contributed by atoms with van der Waals surface area (Å²) in [5.41, 5.74) is -4.85. The fourth-order valence-electron chi connectivity index (χ4n) is 4.83. The molecule has 2 aromatic heterocycles. The Morgan fingerprint density at radius 1 is 0.386 bits per heavy atom. The maximum atomic E-state index is 13.9. The molecule has 0 aliphatic rings. The van der Waals surface area contributed by atoms with Crippen molar-refractivity contribution in [2.45, 2.75) is 24.7 Å². The lowest BCUT2D eigenvalue weighted by molar-refractivity contribution is -0.145. The molecule has 6 aromatic rings. The number of benzene rings is 4. The molecule has 0 fully saturated rings. The molecule has 0 amide bonds. The molecule has 0 N–H and O–H groups in total. The zero-order chi connectivity index (χ0) is 32.0. The molecule has 0 bridgehead atoms. The molecule has 2 heterocycles. The summed E-state index contributed by atoms with van der Waals surface area (Å²) in [5, 5.41) is -0.463. The molecule has 0 spiro atoms. The van der Waals surface area contributed by atoms with Gasteiger partial charge in [-0.05, 0) is 47.5 Å². The van der Waals surface area contributed by atoms with E-state index in [2.05, 4.69) is 19.9 Å². The Labute approximate surface area is 236 Å². The summed E-state index contributed by atoms with van der Waals surface area (Å²) in [6, 6.07) is 8.10. The summed E-state index contributed by atoms with van der Waals surface area (Å²) < 4.78 is 162. The molecule has 0 saturated carbocycles. The van der Waals surface area contributed by atoms with E-state index in [9.17, 15) is 52.7 Å². The highest BCUT2D eigenvalue weighted by atomic mass is 19.4. The lowest BCUT2D eigenvalue weighted by Gasteiger charge is -2.19. The quantitative estimate of drug-likeness (QED) is 0.141. The van der Waals surface area contributed by atoms with E-state index in [4.69, 9.17) is 0 Å². The fourth-order valence-corrected chi connectivity index (χ4v) is 4.83. The second-order valence-electron chi connectivity index (χ2n) is 9.57. The van der Waals surface area contributed by atoms with Crippen LogP contribution in [0.3, 0.4) is 0 Å². The van der Waals surface area contributed by atoms with Crippen LogP contribution in [0, 0.1) is 0 Å². The van der Waals surface area contributed by atoms with Crippen LogP contribution in [-0.2, 0) is 24.7 Å². The summed E-state index contributed by atoms with van der Waals surface area (Å²) in [4.78, 5) is 14.3. The molecular weight excluding hydrogens is 620 g/mol. The van der Waals surface area contributed by atoms with Crippen molar-refractivity contribution in [2.75, 3.05) is 0 Å². The summed E-state index contributed by atoms with van der Waals surface area (Å²) in [5.74, 6) is -3.35. The van der Waals surface area contributed by atoms with Crippen LogP contribution >= 0.6 is 0 Å². The van der Waals surface area contributed by atoms with Gasteiger partial charge in [0.05, 0.1) is 33.2 Å². The number of alkyl halides is 12. The topological polar surface area (TPSA) is 51.6 Å². The van der Waals surface area contributed by atoms with Crippen LogP contribution in [0.5, 0.6) is 0 Å². The summed E-state index contributed by atoms with van der Waals surface area (Å²) in [6.07, 6.45) is -19.8. The zero-order valence-electron chi connectivity index (χ0n) is 21.1. The predicted molar refractivity (Wildman–Crippen MR) is 132 cm³/mol. The number of hydrogen-bond acceptors (Lipinski definition) is 4. The standard InChI is InChI=1S/C28H10F12N4/c29-25(30,31)13-5-1-11(2-6-13)15-9-17-20-19-18(42-23(27(35,36)37)43-21(15)19)10-16(22(20)44-24(41-17)28(38,39)40)12-3-7-14(8-4-12)26(32,33)34/h1-10H. The van der Waals surface area contributed by atoms with Gasteiger partial charge in [-0.1, -0.05) is 24.3 Å². The molecule has 0 aliphatic carbocycles. The minimum absolute atomic E-state index is 0.121. The van der Waals surface area contributed by atoms with Gasteiger partial charge in [0.25, 0.3) is 0 Å². The second-order valence-corrected chi connectivity index (χ2v) is 9.57. The van der Waals surface area contributed by atoms with Crippen LogP contribution < -0.4 is 0 Å². The van der Waals surface area contributed by atoms with Crippen LogP contribution in [-0.4, -0.2) is 19.9 Å². The minimum atomic E-state index is -5.14. The van der Waals surface area contributed by atoms with E-state index in [1.165, 1.54) is 0 Å². The average molecular weight is 630 g/mol. The summed E-state index contributed by atoms with van der Waals surface area (Å²) in [6.45, 7) is 0. The summed E-state index contributed by atoms with van der Waals surface area (Å²) >= 11 is 0. The third-order valence-electron chi connectivity index (χ3n) is 6.75. The van der Waals surface area contributed by atoms with E-state index in [1.807, 2.05) is 0 Å². The third kappa shape index (κ3) is 4.97. The molecule has 0 aliphatic heterocycles. The SMILES string of the molecule is FC(F)(F)c1ccc(-c2cc3nc(C(F)(F)F)nc4c(-c5ccc(C(F)(F)F)cc5)cc5nc(C(F)(F)F)nc2c5c34)cc1. The maximum Gasteiger partial charge on any atom is 0.451 e. The Morgan fingerprint density at radius 2 is 0.705 bits per heavy atom. The van der Waals surface area contributed by atoms with Gasteiger partial charge in [-0.15, -0.1) is 0 Å². The first-order valence-electron chi connectivity index (χ1n) is 12.1. The average Bonchev–Trinajstić information content (AvgIpc) is 2.93. The lowest BCUT2D eigenvalue weighted by Crippen LogP contribution is -2.14. The van der Waals surface area contributed by atoms with Gasteiger partial charge in [0.1, 0.15) is 0 Å². The fraction of sp³-hybridized carbons (Fsp3) is 0.143. The van der Waals surface area contributed by atoms with E-state index < -0.39 is 69.5 Å². The Morgan fingerprint density at radius 3 is 0.977 bits per heavy atom. The van der Waals surface area contributed by atoms with Crippen molar-refractivity contribution < 1.29 is 52.7 Å². The van der Waals surface area contributed by atoms with Gasteiger partial charge < -0.3 is 0 Å². The minimum Gasteiger partial charge on any atom is -0.224 e. The van der Waals surface area contributed by atoms with Gasteiger partial charge >= 0.3 is 24.7 Å². The Balaban J connectivity index is 1.75. The zero-order valence-corrected chi connectivity index (χ0v) is 21.1. The van der Waals surface area contributed by atoms with Crippen LogP contribution in [0.4, 0.5) is 52.7 Å². The van der Waals surface area contributed by atoms with Crippen molar-refractivity contribution in [2.24, 2.45) is 0 Å². The maximum absolute atomic E-state index is 13.9. The Bertz CT molecular complexity index is 1890. The first kappa shape index (κ1) is 29.3. The van der Waals surface area contributed by atoms with Crippen LogP contribution in [0.15, 0.2) is 60.7 Å². The molecule has 0 atom stereocenters. The van der Waals surface area contributed by atoms with Crippen molar-refractivity contribution >= 4 is 32.8 Å². The molecular formula is C28H10F12N4. The van der Waals surface area contributed by atoms with Gasteiger partial charge in [-0.25, -0.2) is 19.9 Å². The van der Waals surface area contributed by atoms with Crippen molar-refractivity contribution in [1.29, 1.82) is 0 Å². The first-order valence-corrected chi connectivity index (χ1v) is 12.1. The predicted octanol–water partition coefficient (Wildman–Crippen LogP) is 9.57. The molecule has 4 nitrogen and oxygen atoms in total. The monoisotopic (exact) mass is 630 g/mol. The van der Waals surface area contributed by atoms with E-state index in [0.717, 1.165) is 36.4 Å². The largest absolute Gasteiger partial charge is 0.451 e. The van der Waals surface area contributed by atoms with Crippen LogP contribution in [0.2, 0.25) is 0 Å². The molecule has 4 aromatic carbocycles. The molecule has 44 heavy (non-hydrogen) atoms. The highest BCUT2D eigenvalue weighted by Crippen LogP contribution is 2.45. The number of halogens is 12. The number of nitrogens with zero attached hydrogens (tertiary/aromatic N) is 4. The molecule has 226 valence electrons. The smallest absolute Gasteiger partial charge is 0.224 e. The lowest BCUT2D eigenvalue weighted by atomic mass is 9.92. The van der Waals surface area contributed by atoms with Crippen molar-refractivity contribution in [3.63, 3.8) is 0 Å². The van der Waals surface area contributed by atoms with E-state index in [0.29, 0.717) is 24.3 Å². The van der Waals surface area contributed by atoms with Gasteiger partial charge in [-0.2, -0.15) is 52.7 Å². The number of hydrogen-bond donors (Lipinski definition) is 0. The normalized spacial score (nSPS) is 13.5. The van der Waals surface area contributed by atoms with Crippen LogP contribution in [0.25, 0.3) is 55.1 Å². The van der Waals surface area contributed by atoms with Gasteiger partial charge in [0, 0.05) is 21.9 Å². The van der Waals surface area contributed by atoms with Gasteiger partial charge in [-0.3, -0.25) is 0 Å². The van der Waals surface area contributed by atoms with Crippen molar-refractivity contribution in [3.05, 3.63) is 83.4 Å². The van der Waals surface area contributed by atoms with E-state index in [-0.39, 0.29) is 33.0 Å². The second kappa shape index (κ2) is 9.37. The first-order chi connectivity index (χ1) is 20.3. The molecule has 0 unspecified atom stereocenters. The van der Waals surface area contributed by atoms with Gasteiger partial charge in [0.15, 0.2) is 0 Å². The van der Waals surface area contributed by atoms with E-state index in [1.54, 1.807) is 0 Å². The molecule has 0 radical (unpaired) electrons. The summed E-state index contributed by atoms with van der Waals surface area (Å²) in [7, 11) is 0. The van der Waals surface area contributed by atoms with Crippen molar-refractivity contribution in [1.82, 2.24) is 19.9 Å². The Hall–Kier alpha value is -4.76. The third-order valence-corrected chi connectivity index (χ3v) is 6.75. The highest BCUT2D eigenvalue weighted by molar-refractivity contribution is 6.25. The van der Waals surface area contributed by atoms with Crippen LogP contribution in [0.1, 0.15) is 22.8 Å². The molecule has 6 rings (SSSR count). The number of aromatic nitrogens is 4. The van der Waals surface area contributed by atoms with Crippen molar-refractivity contribution in [3.8, 4) is 22.3 Å². The van der Waals surface area contributed by atoms with Gasteiger partial charge in [0.2, 0.25) is 11.6 Å². The molecule has 0 saturated heterocycles. The number of rotatable bonds is 2. The Kier molecular flexibility index (Phi) is 6.24.